The number of likely N-dealkylation sites (N-methyl/N-ethyl adjacent to an activating group) is 1. The molecule has 0 aromatic rings. The number of carbonyl (C=O) groups excluding carboxylic acids is 2. The van der Waals surface area contributed by atoms with Gasteiger partial charge in [0.15, 0.2) is 6.10 Å². The second-order valence-electron chi connectivity index (χ2n) is 16.3. The van der Waals surface area contributed by atoms with Crippen molar-refractivity contribution >= 4 is 19.8 Å². The van der Waals surface area contributed by atoms with Gasteiger partial charge in [-0.25, -0.2) is 4.57 Å². The average molecular weight is 827 g/mol. The number of allylic oxidation sites excluding steroid dienone is 6. The van der Waals surface area contributed by atoms with Crippen molar-refractivity contribution in [3.8, 4) is 0 Å². The Morgan fingerprint density at radius 1 is 0.632 bits per heavy atom. The fraction of sp³-hybridized carbons (Fsp3) is 0.783. The predicted molar refractivity (Wildman–Crippen MR) is 235 cm³/mol. The summed E-state index contributed by atoms with van der Waals surface area (Å²) in [7, 11) is 1.40. The average Bonchev–Trinajstić information content (AvgIpc) is 3.15. The molecule has 0 heterocycles. The predicted octanol–water partition coefficient (Wildman–Crippen LogP) is 11.7. The molecule has 1 unspecified atom stereocenters. The molecule has 0 saturated carbocycles. The molecule has 0 aromatic carbocycles. The monoisotopic (exact) mass is 827 g/mol. The third-order valence-corrected chi connectivity index (χ3v) is 10.4. The Balaban J connectivity index is 4.51. The first kappa shape index (κ1) is 54.9. The summed E-state index contributed by atoms with van der Waals surface area (Å²) >= 11 is 0. The topological polar surface area (TPSA) is 129 Å². The Morgan fingerprint density at radius 2 is 1.18 bits per heavy atom. The number of quaternary nitrogens is 1. The van der Waals surface area contributed by atoms with Crippen LogP contribution in [-0.2, 0) is 32.7 Å². The molecule has 0 aliphatic carbocycles. The molecule has 0 saturated heterocycles. The van der Waals surface area contributed by atoms with Crippen LogP contribution in [-0.4, -0.2) is 86.1 Å². The molecule has 0 spiro atoms. The number of hydrogen-bond acceptors (Lipinski definition) is 8. The van der Waals surface area contributed by atoms with Gasteiger partial charge in [0.25, 0.3) is 0 Å². The van der Waals surface area contributed by atoms with Crippen LogP contribution in [0.2, 0.25) is 0 Å². The number of nitrogens with zero attached hydrogens (tertiary/aromatic N) is 1. The number of esters is 2. The van der Waals surface area contributed by atoms with Crippen molar-refractivity contribution in [3.63, 3.8) is 0 Å². The highest BCUT2D eigenvalue weighted by molar-refractivity contribution is 7.47. The molecule has 0 aliphatic rings. The first-order valence-electron chi connectivity index (χ1n) is 22.5. The summed E-state index contributed by atoms with van der Waals surface area (Å²) in [4.78, 5) is 35.3. The number of phosphoric ester groups is 1. The van der Waals surface area contributed by atoms with E-state index >= 15 is 0 Å². The minimum atomic E-state index is -4.40. The minimum Gasteiger partial charge on any atom is -0.462 e. The zero-order valence-corrected chi connectivity index (χ0v) is 37.8. The molecule has 11 heteroatoms. The molecule has 0 fully saturated rings. The molecule has 0 aromatic heterocycles. The van der Waals surface area contributed by atoms with Gasteiger partial charge in [0, 0.05) is 12.8 Å². The number of aliphatic hydroxyl groups is 1. The molecule has 57 heavy (non-hydrogen) atoms. The second-order valence-corrected chi connectivity index (χ2v) is 17.7. The standard InChI is InChI=1S/C46H84NO9P/c1-6-8-10-12-14-15-16-17-18-19-20-21-25-29-33-37-45(49)53-41-44(42-55-57(51,52)54-40-39-47(3,4)5)56-46(50)38-34-30-26-23-22-24-28-32-36-43(48)35-31-27-13-11-9-7-2/h23-24,26-28,31-32,36,43-44,48H,6-22,25,29-30,33-35,37-42H2,1-5H3/p+1/b26-23-,28-24-,31-27-,36-32+/t43-,44+/m0/s1. The number of ether oxygens (including phenoxy) is 2. The van der Waals surface area contributed by atoms with E-state index in [1.807, 2.05) is 57.6 Å². The van der Waals surface area contributed by atoms with E-state index in [1.54, 1.807) is 6.08 Å². The number of rotatable bonds is 40. The van der Waals surface area contributed by atoms with Crippen LogP contribution in [0.25, 0.3) is 0 Å². The maximum atomic E-state index is 12.7. The zero-order chi connectivity index (χ0) is 42.3. The molecule has 3 atom stereocenters. The van der Waals surface area contributed by atoms with E-state index in [0.717, 1.165) is 32.1 Å². The molecule has 0 rings (SSSR count). The number of carbonyl (C=O) groups is 2. The van der Waals surface area contributed by atoms with Gasteiger partial charge in [0.2, 0.25) is 0 Å². The van der Waals surface area contributed by atoms with Gasteiger partial charge in [-0.05, 0) is 44.9 Å². The van der Waals surface area contributed by atoms with Crippen LogP contribution in [0, 0.1) is 0 Å². The lowest BCUT2D eigenvalue weighted by Crippen LogP contribution is -2.37. The van der Waals surface area contributed by atoms with E-state index in [4.69, 9.17) is 18.5 Å². The molecule has 10 nitrogen and oxygen atoms in total. The highest BCUT2D eigenvalue weighted by Gasteiger charge is 2.27. The Bertz CT molecular complexity index is 1130. The van der Waals surface area contributed by atoms with Crippen LogP contribution in [0.1, 0.15) is 174 Å². The Hall–Kier alpha value is -2.07. The van der Waals surface area contributed by atoms with Gasteiger partial charge in [-0.15, -0.1) is 0 Å². The second kappa shape index (κ2) is 38.2. The summed E-state index contributed by atoms with van der Waals surface area (Å²) < 4.78 is 34.2. The Morgan fingerprint density at radius 3 is 1.79 bits per heavy atom. The van der Waals surface area contributed by atoms with Gasteiger partial charge in [-0.3, -0.25) is 18.6 Å². The molecule has 0 amide bonds. The van der Waals surface area contributed by atoms with Crippen molar-refractivity contribution in [1.82, 2.24) is 0 Å². The summed E-state index contributed by atoms with van der Waals surface area (Å²) in [6.45, 7) is 4.24. The number of phosphoric acid groups is 1. The summed E-state index contributed by atoms with van der Waals surface area (Å²) in [6, 6.07) is 0. The maximum Gasteiger partial charge on any atom is 0.472 e. The van der Waals surface area contributed by atoms with Crippen LogP contribution in [0.4, 0.5) is 0 Å². The summed E-state index contributed by atoms with van der Waals surface area (Å²) in [6.07, 6.45) is 40.5. The Labute approximate surface area is 348 Å². The first-order valence-corrected chi connectivity index (χ1v) is 24.0. The van der Waals surface area contributed by atoms with Gasteiger partial charge < -0.3 is 24.0 Å². The van der Waals surface area contributed by atoms with Crippen LogP contribution in [0.5, 0.6) is 0 Å². The minimum absolute atomic E-state index is 0.0102. The van der Waals surface area contributed by atoms with Crippen LogP contribution < -0.4 is 0 Å². The first-order chi connectivity index (χ1) is 27.4. The molecule has 0 radical (unpaired) electrons. The normalized spacial score (nSPS) is 14.6. The third kappa shape index (κ3) is 41.9. The Kier molecular flexibility index (Phi) is 36.8. The van der Waals surface area contributed by atoms with E-state index in [1.165, 1.54) is 96.3 Å². The van der Waals surface area contributed by atoms with E-state index in [-0.39, 0.29) is 26.1 Å². The molecule has 332 valence electrons. The highest BCUT2D eigenvalue weighted by atomic mass is 31.2. The van der Waals surface area contributed by atoms with E-state index in [0.29, 0.717) is 30.3 Å². The van der Waals surface area contributed by atoms with Gasteiger partial charge >= 0.3 is 19.8 Å². The third-order valence-electron chi connectivity index (χ3n) is 9.44. The van der Waals surface area contributed by atoms with Gasteiger partial charge in [-0.1, -0.05) is 165 Å². The quantitative estimate of drug-likeness (QED) is 0.0155. The fourth-order valence-corrected chi connectivity index (χ4v) is 6.60. The van der Waals surface area contributed by atoms with Gasteiger partial charge in [0.1, 0.15) is 19.8 Å². The number of aliphatic hydroxyl groups excluding tert-OH is 1. The van der Waals surface area contributed by atoms with Crippen LogP contribution in [0.3, 0.4) is 0 Å². The van der Waals surface area contributed by atoms with Crippen molar-refractivity contribution in [2.45, 2.75) is 187 Å². The van der Waals surface area contributed by atoms with Crippen molar-refractivity contribution in [1.29, 1.82) is 0 Å². The lowest BCUT2D eigenvalue weighted by molar-refractivity contribution is -0.870. The number of unbranched alkanes of at least 4 members (excludes halogenated alkanes) is 18. The zero-order valence-electron chi connectivity index (χ0n) is 36.9. The SMILES string of the molecule is CCCCC/C=C\C[C@H](O)/C=C/C=C\C/C=C\CCCC(=O)O[C@H](COC(=O)CCCCCCCCCCCCCCCCC)COP(=O)(O)OCC[N+](C)(C)C. The largest absolute Gasteiger partial charge is 0.472 e. The molecular weight excluding hydrogens is 741 g/mol. The summed E-state index contributed by atoms with van der Waals surface area (Å²) in [5.41, 5.74) is 0. The summed E-state index contributed by atoms with van der Waals surface area (Å²) in [5, 5.41) is 10.0. The molecular formula is C46H85NO9P+. The van der Waals surface area contributed by atoms with E-state index in [9.17, 15) is 24.2 Å². The van der Waals surface area contributed by atoms with Crippen molar-refractivity contribution in [2.24, 2.45) is 0 Å². The van der Waals surface area contributed by atoms with Gasteiger partial charge in [0.05, 0.1) is 33.9 Å². The molecule has 2 N–H and O–H groups in total. The van der Waals surface area contributed by atoms with Gasteiger partial charge in [-0.2, -0.15) is 0 Å². The molecule has 0 aliphatic heterocycles. The van der Waals surface area contributed by atoms with Crippen molar-refractivity contribution in [2.75, 3.05) is 47.5 Å². The van der Waals surface area contributed by atoms with Crippen molar-refractivity contribution < 1.29 is 47.2 Å². The fourth-order valence-electron chi connectivity index (χ4n) is 5.86. The molecule has 0 bridgehead atoms. The van der Waals surface area contributed by atoms with Crippen LogP contribution in [0.15, 0.2) is 48.6 Å². The maximum absolute atomic E-state index is 12.7. The highest BCUT2D eigenvalue weighted by Crippen LogP contribution is 2.43. The lowest BCUT2D eigenvalue weighted by Gasteiger charge is -2.24. The van der Waals surface area contributed by atoms with Crippen LogP contribution >= 0.6 is 7.82 Å². The van der Waals surface area contributed by atoms with E-state index < -0.39 is 38.6 Å². The lowest BCUT2D eigenvalue weighted by atomic mass is 10.0. The smallest absolute Gasteiger partial charge is 0.462 e. The van der Waals surface area contributed by atoms with Crippen molar-refractivity contribution in [3.05, 3.63) is 48.6 Å². The van der Waals surface area contributed by atoms with E-state index in [2.05, 4.69) is 19.9 Å². The number of hydrogen-bond donors (Lipinski definition) is 2. The summed E-state index contributed by atoms with van der Waals surface area (Å²) in [5.74, 6) is -0.901.